The van der Waals surface area contributed by atoms with Crippen LogP contribution in [0, 0.1) is 5.92 Å². The maximum atomic E-state index is 11.3. The lowest BCUT2D eigenvalue weighted by Gasteiger charge is -2.28. The first-order valence-electron chi connectivity index (χ1n) is 7.17. The van der Waals surface area contributed by atoms with Gasteiger partial charge in [0.15, 0.2) is 0 Å². The highest BCUT2D eigenvalue weighted by molar-refractivity contribution is 5.77. The van der Waals surface area contributed by atoms with Crippen LogP contribution in [-0.2, 0) is 4.79 Å². The third-order valence-corrected chi connectivity index (χ3v) is 3.59. The van der Waals surface area contributed by atoms with Gasteiger partial charge in [-0.05, 0) is 36.1 Å². The van der Waals surface area contributed by atoms with E-state index in [4.69, 9.17) is 4.74 Å². The molecule has 0 aliphatic carbocycles. The molecule has 1 heterocycles. The summed E-state index contributed by atoms with van der Waals surface area (Å²) in [5, 5.41) is 0. The van der Waals surface area contributed by atoms with Crippen molar-refractivity contribution < 1.29 is 9.53 Å². The van der Waals surface area contributed by atoms with E-state index >= 15 is 0 Å². The van der Waals surface area contributed by atoms with Crippen LogP contribution in [-0.4, -0.2) is 18.6 Å². The summed E-state index contributed by atoms with van der Waals surface area (Å²) in [5.74, 6) is 1.15. The van der Waals surface area contributed by atoms with Gasteiger partial charge in [0.05, 0.1) is 0 Å². The Morgan fingerprint density at radius 3 is 3.05 bits per heavy atom. The maximum Gasteiger partial charge on any atom is 0.234 e. The first-order chi connectivity index (χ1) is 10.1. The molecular weight excluding hydrogens is 264 g/mol. The van der Waals surface area contributed by atoms with E-state index in [1.54, 1.807) is 6.08 Å². The fourth-order valence-corrected chi connectivity index (χ4v) is 2.33. The minimum absolute atomic E-state index is 0.0459. The van der Waals surface area contributed by atoms with Gasteiger partial charge in [0.2, 0.25) is 5.91 Å². The number of allylic oxidation sites excluding steroid dienone is 1. The molecule has 0 radical (unpaired) electrons. The number of hydrogen-bond acceptors (Lipinski definition) is 3. The summed E-state index contributed by atoms with van der Waals surface area (Å²) >= 11 is 0. The molecule has 2 unspecified atom stereocenters. The molecule has 0 spiro atoms. The summed E-state index contributed by atoms with van der Waals surface area (Å²) in [6.45, 7) is 8.29. The second-order valence-corrected chi connectivity index (χ2v) is 5.38. The predicted molar refractivity (Wildman–Crippen MR) is 84.6 cm³/mol. The molecule has 1 amide bonds. The second kappa shape index (κ2) is 7.09. The van der Waals surface area contributed by atoms with Gasteiger partial charge in [0.25, 0.3) is 0 Å². The molecule has 4 heteroatoms. The predicted octanol–water partition coefficient (Wildman–Crippen LogP) is 2.68. The van der Waals surface area contributed by atoms with Crippen LogP contribution >= 0.6 is 0 Å². The zero-order valence-electron chi connectivity index (χ0n) is 12.6. The molecule has 0 aromatic heterocycles. The number of carbonyl (C=O) groups is 1. The lowest BCUT2D eigenvalue weighted by Crippen LogP contribution is -2.52. The number of benzene rings is 1. The SMILES string of the molecule is C=CCOc1cccc(/C(C)=C/C2NNC(=O)CC2C)c1. The second-order valence-electron chi connectivity index (χ2n) is 5.38. The van der Waals surface area contributed by atoms with Crippen LogP contribution in [0.15, 0.2) is 43.0 Å². The fourth-order valence-electron chi connectivity index (χ4n) is 2.33. The molecule has 112 valence electrons. The Morgan fingerprint density at radius 1 is 1.52 bits per heavy atom. The van der Waals surface area contributed by atoms with Crippen molar-refractivity contribution in [3.8, 4) is 5.75 Å². The number of carbonyl (C=O) groups excluding carboxylic acids is 1. The summed E-state index contributed by atoms with van der Waals surface area (Å²) in [5.41, 5.74) is 8.00. The molecule has 1 aliphatic heterocycles. The highest BCUT2D eigenvalue weighted by Crippen LogP contribution is 2.22. The molecular formula is C17H22N2O2. The van der Waals surface area contributed by atoms with E-state index in [2.05, 4.69) is 43.4 Å². The highest BCUT2D eigenvalue weighted by atomic mass is 16.5. The number of hydrogen-bond donors (Lipinski definition) is 2. The van der Waals surface area contributed by atoms with Crippen molar-refractivity contribution in [1.29, 1.82) is 0 Å². The molecule has 2 rings (SSSR count). The Hall–Kier alpha value is -2.07. The van der Waals surface area contributed by atoms with Gasteiger partial charge in [-0.15, -0.1) is 0 Å². The van der Waals surface area contributed by atoms with Crippen LogP contribution in [0.1, 0.15) is 25.8 Å². The van der Waals surface area contributed by atoms with Gasteiger partial charge in [-0.2, -0.15) is 0 Å². The topological polar surface area (TPSA) is 50.4 Å². The summed E-state index contributed by atoms with van der Waals surface area (Å²) in [6, 6.07) is 8.12. The molecule has 0 bridgehead atoms. The summed E-state index contributed by atoms with van der Waals surface area (Å²) < 4.78 is 5.55. The van der Waals surface area contributed by atoms with E-state index in [0.717, 1.165) is 16.9 Å². The minimum Gasteiger partial charge on any atom is -0.490 e. The van der Waals surface area contributed by atoms with Crippen molar-refractivity contribution in [2.75, 3.05) is 6.61 Å². The summed E-state index contributed by atoms with van der Waals surface area (Å²) in [4.78, 5) is 11.3. The average molecular weight is 286 g/mol. The van der Waals surface area contributed by atoms with E-state index in [-0.39, 0.29) is 17.9 Å². The Bertz CT molecular complexity index is 551. The van der Waals surface area contributed by atoms with Gasteiger partial charge in [0, 0.05) is 12.5 Å². The quantitative estimate of drug-likeness (QED) is 0.818. The smallest absolute Gasteiger partial charge is 0.234 e. The Balaban J connectivity index is 2.11. The first-order valence-corrected chi connectivity index (χ1v) is 7.17. The van der Waals surface area contributed by atoms with Crippen LogP contribution in [0.4, 0.5) is 0 Å². The molecule has 21 heavy (non-hydrogen) atoms. The zero-order valence-corrected chi connectivity index (χ0v) is 12.6. The van der Waals surface area contributed by atoms with Gasteiger partial charge in [-0.1, -0.05) is 37.8 Å². The van der Waals surface area contributed by atoms with Gasteiger partial charge in [-0.3, -0.25) is 10.2 Å². The lowest BCUT2D eigenvalue weighted by molar-refractivity contribution is -0.125. The molecule has 1 fully saturated rings. The molecule has 0 saturated carbocycles. The minimum atomic E-state index is 0.0459. The molecule has 2 atom stereocenters. The molecule has 1 aromatic carbocycles. The Labute approximate surface area is 125 Å². The third-order valence-electron chi connectivity index (χ3n) is 3.59. The molecule has 1 aliphatic rings. The highest BCUT2D eigenvalue weighted by Gasteiger charge is 2.23. The first kappa shape index (κ1) is 15.3. The van der Waals surface area contributed by atoms with Crippen molar-refractivity contribution in [3.05, 3.63) is 48.6 Å². The Morgan fingerprint density at radius 2 is 2.33 bits per heavy atom. The zero-order chi connectivity index (χ0) is 15.2. The van der Waals surface area contributed by atoms with Gasteiger partial charge < -0.3 is 4.74 Å². The standard InChI is InChI=1S/C17H22N2O2/c1-4-8-21-15-7-5-6-14(11-15)12(2)9-16-13(3)10-17(20)19-18-16/h4-7,9,11,13,16,18H,1,8,10H2,2-3H3,(H,19,20)/b12-9+. The van der Waals surface area contributed by atoms with E-state index in [1.165, 1.54) is 0 Å². The van der Waals surface area contributed by atoms with E-state index in [9.17, 15) is 4.79 Å². The average Bonchev–Trinajstić information content (AvgIpc) is 2.48. The van der Waals surface area contributed by atoms with Crippen LogP contribution < -0.4 is 15.6 Å². The number of rotatable bonds is 5. The Kier molecular flexibility index (Phi) is 5.17. The summed E-state index contributed by atoms with van der Waals surface area (Å²) in [7, 11) is 0. The molecule has 2 N–H and O–H groups in total. The lowest BCUT2D eigenvalue weighted by atomic mass is 9.93. The molecule has 1 aromatic rings. The van der Waals surface area contributed by atoms with E-state index < -0.39 is 0 Å². The van der Waals surface area contributed by atoms with Crippen LogP contribution in [0.5, 0.6) is 5.75 Å². The molecule has 4 nitrogen and oxygen atoms in total. The summed E-state index contributed by atoms with van der Waals surface area (Å²) in [6.07, 6.45) is 4.42. The van der Waals surface area contributed by atoms with Crippen LogP contribution in [0.3, 0.4) is 0 Å². The van der Waals surface area contributed by atoms with E-state index in [1.807, 2.05) is 18.2 Å². The maximum absolute atomic E-state index is 11.3. The number of hydrazine groups is 1. The van der Waals surface area contributed by atoms with E-state index in [0.29, 0.717) is 13.0 Å². The van der Waals surface area contributed by atoms with Crippen molar-refractivity contribution >= 4 is 11.5 Å². The van der Waals surface area contributed by atoms with Crippen molar-refractivity contribution in [3.63, 3.8) is 0 Å². The largest absolute Gasteiger partial charge is 0.490 e. The number of nitrogens with one attached hydrogen (secondary N) is 2. The molecule has 1 saturated heterocycles. The number of amides is 1. The van der Waals surface area contributed by atoms with Gasteiger partial charge in [0.1, 0.15) is 12.4 Å². The van der Waals surface area contributed by atoms with Crippen molar-refractivity contribution in [2.45, 2.75) is 26.3 Å². The third kappa shape index (κ3) is 4.20. The van der Waals surface area contributed by atoms with Crippen molar-refractivity contribution in [2.24, 2.45) is 5.92 Å². The monoisotopic (exact) mass is 286 g/mol. The normalized spacial score (nSPS) is 22.6. The number of ether oxygens (including phenoxy) is 1. The van der Waals surface area contributed by atoms with Crippen LogP contribution in [0.25, 0.3) is 5.57 Å². The van der Waals surface area contributed by atoms with Gasteiger partial charge in [-0.25, -0.2) is 5.43 Å². The van der Waals surface area contributed by atoms with Crippen molar-refractivity contribution in [1.82, 2.24) is 10.9 Å². The van der Waals surface area contributed by atoms with Gasteiger partial charge >= 0.3 is 0 Å². The fraction of sp³-hybridized carbons (Fsp3) is 0.353. The van der Waals surface area contributed by atoms with Crippen LogP contribution in [0.2, 0.25) is 0 Å².